The SMILES string of the molecule is O=C1C[C@H](C(=O)Nc2ccc([N+](=O)[O-])cc2)c2c(nc(Nc3cc(Cl)cc(Cl)c3)[nH]c2=O)N1. The zero-order chi connectivity index (χ0) is 23.7. The van der Waals surface area contributed by atoms with Crippen LogP contribution in [0.1, 0.15) is 17.9 Å². The van der Waals surface area contributed by atoms with E-state index in [1.165, 1.54) is 30.3 Å². The quantitative estimate of drug-likeness (QED) is 0.313. The number of nitrogens with one attached hydrogen (secondary N) is 4. The molecule has 1 aromatic heterocycles. The van der Waals surface area contributed by atoms with Gasteiger partial charge in [0.05, 0.1) is 16.4 Å². The summed E-state index contributed by atoms with van der Waals surface area (Å²) in [5.41, 5.74) is -0.0518. The van der Waals surface area contributed by atoms with E-state index in [9.17, 15) is 24.5 Å². The molecule has 0 saturated carbocycles. The Labute approximate surface area is 195 Å². The second kappa shape index (κ2) is 8.88. The molecular weight excluding hydrogens is 475 g/mol. The van der Waals surface area contributed by atoms with Gasteiger partial charge in [-0.2, -0.15) is 4.98 Å². The van der Waals surface area contributed by atoms with Crippen molar-refractivity contribution < 1.29 is 14.5 Å². The third kappa shape index (κ3) is 4.94. The van der Waals surface area contributed by atoms with E-state index < -0.39 is 28.2 Å². The Morgan fingerprint density at radius 1 is 1.09 bits per heavy atom. The summed E-state index contributed by atoms with van der Waals surface area (Å²) in [6, 6.07) is 9.82. The molecule has 0 saturated heterocycles. The molecule has 3 aromatic rings. The van der Waals surface area contributed by atoms with Crippen LogP contribution < -0.4 is 21.5 Å². The van der Waals surface area contributed by atoms with Gasteiger partial charge in [-0.05, 0) is 30.3 Å². The molecule has 168 valence electrons. The zero-order valence-electron chi connectivity index (χ0n) is 16.5. The van der Waals surface area contributed by atoms with Crippen LogP contribution in [0.15, 0.2) is 47.3 Å². The van der Waals surface area contributed by atoms with Crippen molar-refractivity contribution >= 4 is 63.8 Å². The number of aromatic amines is 1. The smallest absolute Gasteiger partial charge is 0.269 e. The number of nitrogens with zero attached hydrogens (tertiary/aromatic N) is 2. The summed E-state index contributed by atoms with van der Waals surface area (Å²) in [6.07, 6.45) is -0.271. The first-order chi connectivity index (χ1) is 15.7. The number of nitro groups is 1. The van der Waals surface area contributed by atoms with Crippen molar-refractivity contribution in [1.29, 1.82) is 0 Å². The Hall–Kier alpha value is -3.96. The van der Waals surface area contributed by atoms with E-state index in [0.717, 1.165) is 0 Å². The lowest BCUT2D eigenvalue weighted by Gasteiger charge is -2.23. The number of non-ortho nitro benzene ring substituents is 1. The fourth-order valence-corrected chi connectivity index (χ4v) is 3.84. The van der Waals surface area contributed by atoms with Gasteiger partial charge in [-0.3, -0.25) is 29.5 Å². The van der Waals surface area contributed by atoms with Crippen LogP contribution in [-0.2, 0) is 9.59 Å². The number of anilines is 4. The van der Waals surface area contributed by atoms with Gasteiger partial charge in [-0.15, -0.1) is 0 Å². The number of rotatable bonds is 5. The average molecular weight is 489 g/mol. The molecule has 0 aliphatic carbocycles. The van der Waals surface area contributed by atoms with Gasteiger partial charge in [0.15, 0.2) is 0 Å². The molecule has 1 aliphatic heterocycles. The summed E-state index contributed by atoms with van der Waals surface area (Å²) in [7, 11) is 0. The number of nitro benzene ring substituents is 1. The van der Waals surface area contributed by atoms with Gasteiger partial charge in [-0.25, -0.2) is 0 Å². The number of benzene rings is 2. The Bertz CT molecular complexity index is 1320. The zero-order valence-corrected chi connectivity index (χ0v) is 18.0. The number of H-pyrrole nitrogens is 1. The Kier molecular flexibility index (Phi) is 5.99. The number of carbonyl (C=O) groups excluding carboxylic acids is 2. The first-order valence-electron chi connectivity index (χ1n) is 9.42. The Morgan fingerprint density at radius 2 is 1.76 bits per heavy atom. The molecule has 4 rings (SSSR count). The maximum absolute atomic E-state index is 12.8. The molecule has 11 nitrogen and oxygen atoms in total. The topological polar surface area (TPSA) is 159 Å². The molecule has 0 bridgehead atoms. The van der Waals surface area contributed by atoms with Crippen molar-refractivity contribution in [3.63, 3.8) is 0 Å². The van der Waals surface area contributed by atoms with Crippen LogP contribution in [0, 0.1) is 10.1 Å². The van der Waals surface area contributed by atoms with Crippen molar-refractivity contribution in [2.24, 2.45) is 0 Å². The molecule has 13 heteroatoms. The molecule has 1 aliphatic rings. The van der Waals surface area contributed by atoms with Crippen LogP contribution in [0.5, 0.6) is 0 Å². The van der Waals surface area contributed by atoms with Crippen molar-refractivity contribution in [2.45, 2.75) is 12.3 Å². The number of hydrogen-bond acceptors (Lipinski definition) is 7. The maximum Gasteiger partial charge on any atom is 0.269 e. The maximum atomic E-state index is 12.8. The van der Waals surface area contributed by atoms with Gasteiger partial charge in [0.1, 0.15) is 5.82 Å². The Balaban J connectivity index is 1.61. The van der Waals surface area contributed by atoms with E-state index in [1.807, 2.05) is 0 Å². The fraction of sp³-hybridized carbons (Fsp3) is 0.100. The minimum atomic E-state index is -1.12. The highest BCUT2D eigenvalue weighted by atomic mass is 35.5. The van der Waals surface area contributed by atoms with Gasteiger partial charge in [0.25, 0.3) is 11.2 Å². The molecule has 2 amide bonds. The summed E-state index contributed by atoms with van der Waals surface area (Å²) in [4.78, 5) is 54.8. The van der Waals surface area contributed by atoms with Crippen molar-refractivity contribution in [3.05, 3.63) is 78.5 Å². The van der Waals surface area contributed by atoms with Crippen molar-refractivity contribution in [1.82, 2.24) is 9.97 Å². The largest absolute Gasteiger partial charge is 0.326 e. The van der Waals surface area contributed by atoms with Crippen LogP contribution in [0.3, 0.4) is 0 Å². The normalized spacial score (nSPS) is 14.7. The van der Waals surface area contributed by atoms with E-state index >= 15 is 0 Å². The average Bonchev–Trinajstić information content (AvgIpc) is 2.72. The predicted octanol–water partition coefficient (Wildman–Crippen LogP) is 3.79. The molecule has 0 unspecified atom stereocenters. The molecular formula is C20H14Cl2N6O5. The van der Waals surface area contributed by atoms with E-state index in [-0.39, 0.29) is 35.1 Å². The summed E-state index contributed by atoms with van der Waals surface area (Å²) in [6.45, 7) is 0. The lowest BCUT2D eigenvalue weighted by atomic mass is 9.92. The number of aromatic nitrogens is 2. The van der Waals surface area contributed by atoms with E-state index in [2.05, 4.69) is 25.9 Å². The van der Waals surface area contributed by atoms with Crippen LogP contribution in [-0.4, -0.2) is 26.7 Å². The number of fused-ring (bicyclic) bond motifs is 1. The predicted molar refractivity (Wildman–Crippen MR) is 122 cm³/mol. The van der Waals surface area contributed by atoms with E-state index in [4.69, 9.17) is 23.2 Å². The van der Waals surface area contributed by atoms with Gasteiger partial charge < -0.3 is 16.0 Å². The minimum Gasteiger partial charge on any atom is -0.326 e. The summed E-state index contributed by atoms with van der Waals surface area (Å²) in [5, 5.41) is 19.4. The minimum absolute atomic E-state index is 0.00816. The van der Waals surface area contributed by atoms with Gasteiger partial charge in [0, 0.05) is 40.0 Å². The fourth-order valence-electron chi connectivity index (χ4n) is 3.31. The summed E-state index contributed by atoms with van der Waals surface area (Å²) < 4.78 is 0. The first-order valence-corrected chi connectivity index (χ1v) is 10.2. The molecule has 4 N–H and O–H groups in total. The van der Waals surface area contributed by atoms with Gasteiger partial charge in [-0.1, -0.05) is 23.2 Å². The monoisotopic (exact) mass is 488 g/mol. The standard InChI is InChI=1S/C20H14Cl2N6O5/c21-9-5-10(22)7-12(6-9)24-20-26-17-16(19(31)27-20)14(8-15(29)25-17)18(30)23-11-1-3-13(4-2-11)28(32)33/h1-7,14H,8H2,(H,23,30)(H3,24,25,26,27,29,31)/t14-/m0/s1. The first kappa shape index (κ1) is 22.2. The van der Waals surface area contributed by atoms with Crippen LogP contribution in [0.2, 0.25) is 10.0 Å². The molecule has 2 aromatic carbocycles. The van der Waals surface area contributed by atoms with Crippen LogP contribution in [0.4, 0.5) is 28.8 Å². The molecule has 0 radical (unpaired) electrons. The van der Waals surface area contributed by atoms with Gasteiger partial charge in [0.2, 0.25) is 17.8 Å². The summed E-state index contributed by atoms with van der Waals surface area (Å²) in [5.74, 6) is -2.30. The number of amides is 2. The molecule has 2 heterocycles. The van der Waals surface area contributed by atoms with E-state index in [1.54, 1.807) is 12.1 Å². The Morgan fingerprint density at radius 3 is 2.39 bits per heavy atom. The van der Waals surface area contributed by atoms with Gasteiger partial charge >= 0.3 is 0 Å². The highest BCUT2D eigenvalue weighted by molar-refractivity contribution is 6.35. The third-order valence-electron chi connectivity index (χ3n) is 4.74. The number of halogens is 2. The molecule has 1 atom stereocenters. The highest BCUT2D eigenvalue weighted by Crippen LogP contribution is 2.31. The second-order valence-electron chi connectivity index (χ2n) is 7.06. The van der Waals surface area contributed by atoms with Crippen LogP contribution in [0.25, 0.3) is 0 Å². The lowest BCUT2D eigenvalue weighted by molar-refractivity contribution is -0.384. The number of carbonyl (C=O) groups is 2. The summed E-state index contributed by atoms with van der Waals surface area (Å²) >= 11 is 12.0. The van der Waals surface area contributed by atoms with E-state index in [0.29, 0.717) is 15.7 Å². The number of hydrogen-bond donors (Lipinski definition) is 4. The molecule has 0 spiro atoms. The van der Waals surface area contributed by atoms with Crippen molar-refractivity contribution in [3.8, 4) is 0 Å². The lowest BCUT2D eigenvalue weighted by Crippen LogP contribution is -2.36. The third-order valence-corrected chi connectivity index (χ3v) is 5.17. The highest BCUT2D eigenvalue weighted by Gasteiger charge is 2.34. The second-order valence-corrected chi connectivity index (χ2v) is 7.93. The molecule has 0 fully saturated rings. The van der Waals surface area contributed by atoms with Crippen LogP contribution >= 0.6 is 23.2 Å². The molecule has 33 heavy (non-hydrogen) atoms. The van der Waals surface area contributed by atoms with Crippen molar-refractivity contribution in [2.75, 3.05) is 16.0 Å².